The molecule has 4 rings (SSSR count). The quantitative estimate of drug-likeness (QED) is 0.192. The van der Waals surface area contributed by atoms with Crippen LogP contribution in [-0.4, -0.2) is 34.1 Å². The van der Waals surface area contributed by atoms with Crippen molar-refractivity contribution >= 4 is 45.1 Å². The van der Waals surface area contributed by atoms with Gasteiger partial charge in [0, 0.05) is 16.5 Å². The number of hydrogen-bond acceptors (Lipinski definition) is 7. The Balaban J connectivity index is 1.68. The predicted molar refractivity (Wildman–Crippen MR) is 123 cm³/mol. The van der Waals surface area contributed by atoms with Gasteiger partial charge in [0.25, 0.3) is 5.56 Å². The summed E-state index contributed by atoms with van der Waals surface area (Å²) in [5.74, 6) is -0.734. The molecule has 2 aromatic carbocycles. The van der Waals surface area contributed by atoms with E-state index in [2.05, 4.69) is 9.97 Å². The summed E-state index contributed by atoms with van der Waals surface area (Å²) in [5, 5.41) is 1.93. The Morgan fingerprint density at radius 2 is 1.77 bits per heavy atom. The van der Waals surface area contributed by atoms with E-state index in [1.807, 2.05) is 41.8 Å². The van der Waals surface area contributed by atoms with Crippen molar-refractivity contribution in [3.63, 3.8) is 0 Å². The maximum atomic E-state index is 13.0. The summed E-state index contributed by atoms with van der Waals surface area (Å²) in [6.07, 6.45) is -0.129. The lowest BCUT2D eigenvalue weighted by Crippen LogP contribution is -2.23. The first-order valence-electron chi connectivity index (χ1n) is 9.46. The van der Waals surface area contributed by atoms with Gasteiger partial charge in [0.2, 0.25) is 0 Å². The summed E-state index contributed by atoms with van der Waals surface area (Å²) >= 11 is 2.43. The molecule has 31 heavy (non-hydrogen) atoms. The van der Waals surface area contributed by atoms with E-state index < -0.39 is 11.2 Å². The van der Waals surface area contributed by atoms with Gasteiger partial charge in [-0.05, 0) is 5.56 Å². The Labute approximate surface area is 186 Å². The maximum Gasteiger partial charge on any atom is 0.307 e. The average molecular weight is 451 g/mol. The van der Waals surface area contributed by atoms with Crippen LogP contribution in [0.3, 0.4) is 0 Å². The van der Waals surface area contributed by atoms with Crippen LogP contribution in [0.25, 0.3) is 21.3 Å². The second-order valence-corrected chi connectivity index (χ2v) is 8.73. The van der Waals surface area contributed by atoms with Crippen LogP contribution in [0.5, 0.6) is 0 Å². The fraction of sp³-hybridized carbons (Fsp3) is 0.130. The largest absolute Gasteiger partial charge is 0.469 e. The Hall–Kier alpha value is -3.23. The molecule has 0 aliphatic heterocycles. The van der Waals surface area contributed by atoms with Crippen molar-refractivity contribution in [1.82, 2.24) is 9.97 Å². The molecule has 1 N–H and O–H groups in total. The second-order valence-electron chi connectivity index (χ2n) is 6.68. The van der Waals surface area contributed by atoms with Gasteiger partial charge in [-0.15, -0.1) is 11.3 Å². The molecule has 0 spiro atoms. The molecule has 0 saturated heterocycles. The Bertz CT molecular complexity index is 1280. The highest BCUT2D eigenvalue weighted by Gasteiger charge is 2.26. The molecule has 2 heterocycles. The van der Waals surface area contributed by atoms with Crippen LogP contribution in [0.2, 0.25) is 0 Å². The predicted octanol–water partition coefficient (Wildman–Crippen LogP) is 4.56. The van der Waals surface area contributed by atoms with Gasteiger partial charge in [-0.3, -0.25) is 14.4 Å². The Morgan fingerprint density at radius 1 is 1.10 bits per heavy atom. The number of hydrogen-bond donors (Lipinski definition) is 1. The maximum absolute atomic E-state index is 13.0. The van der Waals surface area contributed by atoms with E-state index in [1.54, 1.807) is 24.3 Å². The highest BCUT2D eigenvalue weighted by molar-refractivity contribution is 8.00. The number of thioether (sulfide) groups is 1. The number of nitrogens with one attached hydrogen (secondary N) is 1. The van der Waals surface area contributed by atoms with E-state index >= 15 is 0 Å². The molecule has 8 heteroatoms. The molecule has 0 amide bonds. The fourth-order valence-corrected chi connectivity index (χ4v) is 5.19. The van der Waals surface area contributed by atoms with Gasteiger partial charge in [-0.25, -0.2) is 4.98 Å². The average Bonchev–Trinajstić information content (AvgIpc) is 3.24. The number of benzene rings is 2. The number of aromatic amines is 1. The number of esters is 1. The molecule has 0 aliphatic carbocycles. The summed E-state index contributed by atoms with van der Waals surface area (Å²) in [5.41, 5.74) is 1.95. The summed E-state index contributed by atoms with van der Waals surface area (Å²) in [4.78, 5) is 45.7. The molecular formula is C23H18N2O4S2. The number of carbonyl (C=O) groups is 2. The standard InChI is InChI=1S/C23H18N2O4S2/c1-29-18(26)12-17(20(27)15-10-6-3-7-11-15)31-23-24-21(28)19-16(13-30-22(19)25-23)14-8-4-2-5-9-14/h2-11,13,17H,12H2,1H3,(H,24,25,28). The van der Waals surface area contributed by atoms with Crippen molar-refractivity contribution in [3.8, 4) is 11.1 Å². The van der Waals surface area contributed by atoms with E-state index in [4.69, 9.17) is 4.74 Å². The zero-order valence-corrected chi connectivity index (χ0v) is 18.2. The van der Waals surface area contributed by atoms with Crippen LogP contribution in [0.15, 0.2) is 76.0 Å². The fourth-order valence-electron chi connectivity index (χ4n) is 3.16. The first kappa shape index (κ1) is 21.0. The number of ether oxygens (including phenoxy) is 1. The number of Topliss-reactive ketones (excluding diaryl/α,β-unsaturated/α-hetero) is 1. The first-order chi connectivity index (χ1) is 15.1. The minimum atomic E-state index is -0.774. The molecule has 156 valence electrons. The molecule has 4 aromatic rings. The van der Waals surface area contributed by atoms with Crippen molar-refractivity contribution in [3.05, 3.63) is 82.0 Å². The molecular weight excluding hydrogens is 432 g/mol. The van der Waals surface area contributed by atoms with Crippen molar-refractivity contribution in [2.24, 2.45) is 0 Å². The number of aromatic nitrogens is 2. The molecule has 1 unspecified atom stereocenters. The van der Waals surface area contributed by atoms with Gasteiger partial charge in [0.15, 0.2) is 10.9 Å². The van der Waals surface area contributed by atoms with Gasteiger partial charge in [-0.1, -0.05) is 72.4 Å². The van der Waals surface area contributed by atoms with Gasteiger partial charge in [-0.2, -0.15) is 0 Å². The van der Waals surface area contributed by atoms with E-state index in [9.17, 15) is 14.4 Å². The molecule has 2 aromatic heterocycles. The molecule has 6 nitrogen and oxygen atoms in total. The van der Waals surface area contributed by atoms with Gasteiger partial charge in [0.1, 0.15) is 4.83 Å². The van der Waals surface area contributed by atoms with Crippen LogP contribution < -0.4 is 5.56 Å². The topological polar surface area (TPSA) is 89.1 Å². The monoisotopic (exact) mass is 450 g/mol. The smallest absolute Gasteiger partial charge is 0.307 e. The zero-order chi connectivity index (χ0) is 21.8. The minimum Gasteiger partial charge on any atom is -0.469 e. The van der Waals surface area contributed by atoms with Crippen molar-refractivity contribution in [2.75, 3.05) is 7.11 Å². The van der Waals surface area contributed by atoms with Crippen molar-refractivity contribution in [2.45, 2.75) is 16.8 Å². The molecule has 0 saturated carbocycles. The second kappa shape index (κ2) is 9.28. The first-order valence-corrected chi connectivity index (χ1v) is 11.2. The highest BCUT2D eigenvalue weighted by Crippen LogP contribution is 2.32. The molecule has 0 fully saturated rings. The van der Waals surface area contributed by atoms with Crippen LogP contribution >= 0.6 is 23.1 Å². The third-order valence-electron chi connectivity index (χ3n) is 4.69. The van der Waals surface area contributed by atoms with Crippen LogP contribution in [-0.2, 0) is 9.53 Å². The van der Waals surface area contributed by atoms with E-state index in [0.717, 1.165) is 22.9 Å². The number of nitrogens with zero attached hydrogens (tertiary/aromatic N) is 1. The van der Waals surface area contributed by atoms with Gasteiger partial charge < -0.3 is 9.72 Å². The summed E-state index contributed by atoms with van der Waals surface area (Å²) in [7, 11) is 1.28. The number of H-pyrrole nitrogens is 1. The molecule has 0 aliphatic rings. The van der Waals surface area contributed by atoms with Gasteiger partial charge >= 0.3 is 5.97 Å². The third-order valence-corrected chi connectivity index (χ3v) is 6.65. The number of methoxy groups -OCH3 is 1. The van der Waals surface area contributed by atoms with Crippen LogP contribution in [0.4, 0.5) is 0 Å². The molecule has 0 radical (unpaired) electrons. The number of fused-ring (bicyclic) bond motifs is 1. The lowest BCUT2D eigenvalue weighted by molar-refractivity contribution is -0.140. The SMILES string of the molecule is COC(=O)CC(Sc1nc2scc(-c3ccccc3)c2c(=O)[nH]1)C(=O)c1ccccc1. The van der Waals surface area contributed by atoms with Gasteiger partial charge in [0.05, 0.1) is 24.2 Å². The number of thiophene rings is 1. The summed E-state index contributed by atoms with van der Waals surface area (Å²) in [6, 6.07) is 18.3. The van der Waals surface area contributed by atoms with Crippen molar-refractivity contribution < 1.29 is 14.3 Å². The summed E-state index contributed by atoms with van der Waals surface area (Å²) in [6.45, 7) is 0. The van der Waals surface area contributed by atoms with E-state index in [-0.39, 0.29) is 22.9 Å². The number of rotatable bonds is 7. The summed E-state index contributed by atoms with van der Waals surface area (Å²) < 4.78 is 4.76. The third kappa shape index (κ3) is 4.60. The van der Waals surface area contributed by atoms with E-state index in [1.165, 1.54) is 18.4 Å². The van der Waals surface area contributed by atoms with Crippen molar-refractivity contribution in [1.29, 1.82) is 0 Å². The Kier molecular flexibility index (Phi) is 6.29. The number of carbonyl (C=O) groups excluding carboxylic acids is 2. The lowest BCUT2D eigenvalue weighted by Gasteiger charge is -2.14. The number of ketones is 1. The minimum absolute atomic E-state index is 0.129. The molecule has 0 bridgehead atoms. The lowest BCUT2D eigenvalue weighted by atomic mass is 10.1. The Morgan fingerprint density at radius 3 is 2.45 bits per heavy atom. The van der Waals surface area contributed by atoms with Crippen LogP contribution in [0.1, 0.15) is 16.8 Å². The highest BCUT2D eigenvalue weighted by atomic mass is 32.2. The van der Waals surface area contributed by atoms with Crippen LogP contribution in [0, 0.1) is 0 Å². The normalized spacial score (nSPS) is 11.9. The zero-order valence-electron chi connectivity index (χ0n) is 16.5. The van der Waals surface area contributed by atoms with E-state index in [0.29, 0.717) is 15.8 Å². The molecule has 1 atom stereocenters.